The molecule has 0 saturated heterocycles. The predicted molar refractivity (Wildman–Crippen MR) is 135 cm³/mol. The zero-order valence-electron chi connectivity index (χ0n) is 18.9. The van der Waals surface area contributed by atoms with Crippen LogP contribution >= 0.6 is 0 Å². The van der Waals surface area contributed by atoms with E-state index in [0.717, 1.165) is 16.7 Å². The van der Waals surface area contributed by atoms with Crippen molar-refractivity contribution in [1.82, 2.24) is 15.1 Å². The normalized spacial score (nSPS) is 14.1. The number of hydrogen-bond acceptors (Lipinski definition) is 5. The van der Waals surface area contributed by atoms with Gasteiger partial charge < -0.3 is 10.6 Å². The van der Waals surface area contributed by atoms with Gasteiger partial charge in [-0.05, 0) is 28.8 Å². The fourth-order valence-electron chi connectivity index (χ4n) is 4.08. The van der Waals surface area contributed by atoms with Gasteiger partial charge in [-0.2, -0.15) is 13.5 Å². The van der Waals surface area contributed by atoms with Crippen LogP contribution < -0.4 is 10.6 Å². The molecule has 5 rings (SSSR count). The van der Waals surface area contributed by atoms with Crippen molar-refractivity contribution in [1.29, 1.82) is 0 Å². The highest BCUT2D eigenvalue weighted by Crippen LogP contribution is 2.32. The van der Waals surface area contributed by atoms with Crippen LogP contribution in [0.2, 0.25) is 0 Å². The molecule has 0 aliphatic carbocycles. The van der Waals surface area contributed by atoms with Crippen LogP contribution in [0.1, 0.15) is 17.0 Å². The first kappa shape index (κ1) is 22.5. The minimum Gasteiger partial charge on any atom is -0.348 e. The Morgan fingerprint density at radius 1 is 0.971 bits per heavy atom. The zero-order valence-corrected chi connectivity index (χ0v) is 19.7. The second-order valence-electron chi connectivity index (χ2n) is 8.24. The monoisotopic (exact) mass is 485 g/mol. The number of amidine groups is 1. The molecule has 0 spiro atoms. The highest BCUT2D eigenvalue weighted by Gasteiger charge is 2.29. The molecule has 0 fully saturated rings. The summed E-state index contributed by atoms with van der Waals surface area (Å²) in [6.45, 7) is 0.278. The molecule has 2 heterocycles. The summed E-state index contributed by atoms with van der Waals surface area (Å²) in [4.78, 5) is 13.0. The number of nitrogens with zero attached hydrogens (tertiary/aromatic N) is 3. The molecule has 1 amide bonds. The van der Waals surface area contributed by atoms with Crippen molar-refractivity contribution in [2.75, 3.05) is 11.9 Å². The van der Waals surface area contributed by atoms with Crippen LogP contribution in [0.15, 0.2) is 101 Å². The number of benzene rings is 3. The number of hydrogen-bond donors (Lipinski definition) is 2. The Bertz CT molecular complexity index is 1470. The Balaban J connectivity index is 1.37. The van der Waals surface area contributed by atoms with E-state index in [1.165, 1.54) is 6.07 Å². The number of carbonyl (C=O) groups is 1. The quantitative estimate of drug-likeness (QED) is 0.435. The van der Waals surface area contributed by atoms with E-state index in [1.54, 1.807) is 36.3 Å². The minimum absolute atomic E-state index is 0.0156. The van der Waals surface area contributed by atoms with Crippen LogP contribution in [0.3, 0.4) is 0 Å². The Morgan fingerprint density at radius 2 is 1.63 bits per heavy atom. The van der Waals surface area contributed by atoms with Crippen molar-refractivity contribution in [2.45, 2.75) is 10.8 Å². The molecule has 9 heteroatoms. The Morgan fingerprint density at radius 3 is 2.23 bits per heavy atom. The van der Waals surface area contributed by atoms with Gasteiger partial charge in [0.05, 0.1) is 11.9 Å². The van der Waals surface area contributed by atoms with Gasteiger partial charge in [0.2, 0.25) is 5.84 Å². The van der Waals surface area contributed by atoms with Crippen molar-refractivity contribution in [3.63, 3.8) is 0 Å². The molecule has 1 aromatic heterocycles. The number of anilines is 1. The van der Waals surface area contributed by atoms with Gasteiger partial charge in [0.15, 0.2) is 0 Å². The number of rotatable bonds is 6. The summed E-state index contributed by atoms with van der Waals surface area (Å²) in [6.07, 6.45) is 3.45. The molecule has 1 aliphatic heterocycles. The third-order valence-electron chi connectivity index (χ3n) is 5.85. The molecule has 0 bridgehead atoms. The summed E-state index contributed by atoms with van der Waals surface area (Å²) < 4.78 is 31.3. The number of amides is 1. The van der Waals surface area contributed by atoms with Crippen molar-refractivity contribution in [3.05, 3.63) is 102 Å². The first-order chi connectivity index (χ1) is 16.9. The topological polar surface area (TPSA) is 105 Å². The van der Waals surface area contributed by atoms with Crippen LogP contribution in [0.5, 0.6) is 0 Å². The molecule has 0 saturated carbocycles. The minimum atomic E-state index is -4.07. The van der Waals surface area contributed by atoms with Gasteiger partial charge in [-0.1, -0.05) is 66.7 Å². The van der Waals surface area contributed by atoms with Gasteiger partial charge in [0.25, 0.3) is 15.9 Å². The second-order valence-corrected chi connectivity index (χ2v) is 9.81. The van der Waals surface area contributed by atoms with E-state index in [2.05, 4.69) is 20.1 Å². The van der Waals surface area contributed by atoms with E-state index in [9.17, 15) is 13.2 Å². The largest absolute Gasteiger partial charge is 0.348 e. The van der Waals surface area contributed by atoms with E-state index in [0.29, 0.717) is 11.3 Å². The lowest BCUT2D eigenvalue weighted by molar-refractivity contribution is -0.114. The van der Waals surface area contributed by atoms with Crippen LogP contribution in [0, 0.1) is 0 Å². The fourth-order valence-corrected chi connectivity index (χ4v) is 5.22. The van der Waals surface area contributed by atoms with Crippen molar-refractivity contribution >= 4 is 27.5 Å². The van der Waals surface area contributed by atoms with Crippen molar-refractivity contribution in [2.24, 2.45) is 11.4 Å². The standard InChI is InChI=1S/C26H23N5O3S/c1-31-17-21(15-28-31)20-12-13-23-24(14-20)35(33,34)30-25(29-23)26(32)27-16-22(18-8-4-2-5-9-18)19-10-6-3-7-11-19/h2-15,17,22H,16H2,1H3,(H,27,32)(H,29,30). The maximum Gasteiger partial charge on any atom is 0.287 e. The van der Waals surface area contributed by atoms with E-state index >= 15 is 0 Å². The molecule has 3 aromatic carbocycles. The Hall–Kier alpha value is -4.24. The summed E-state index contributed by atoms with van der Waals surface area (Å²) in [5.41, 5.74) is 3.86. The molecule has 176 valence electrons. The van der Waals surface area contributed by atoms with Crippen molar-refractivity contribution < 1.29 is 13.2 Å². The van der Waals surface area contributed by atoms with Gasteiger partial charge in [-0.15, -0.1) is 4.40 Å². The molecule has 35 heavy (non-hydrogen) atoms. The van der Waals surface area contributed by atoms with E-state index < -0.39 is 15.9 Å². The number of aryl methyl sites for hydroxylation is 1. The van der Waals surface area contributed by atoms with Gasteiger partial charge in [-0.3, -0.25) is 9.48 Å². The number of nitrogens with one attached hydrogen (secondary N) is 2. The number of aromatic nitrogens is 2. The van der Waals surface area contributed by atoms with E-state index in [4.69, 9.17) is 0 Å². The average molecular weight is 486 g/mol. The van der Waals surface area contributed by atoms with Crippen LogP contribution in [0.4, 0.5) is 5.69 Å². The number of fused-ring (bicyclic) bond motifs is 1. The first-order valence-corrected chi connectivity index (χ1v) is 12.5. The lowest BCUT2D eigenvalue weighted by Gasteiger charge is -2.21. The lowest BCUT2D eigenvalue weighted by atomic mass is 9.91. The summed E-state index contributed by atoms with van der Waals surface area (Å²) in [5, 5.41) is 9.85. The average Bonchev–Trinajstić information content (AvgIpc) is 3.31. The summed E-state index contributed by atoms with van der Waals surface area (Å²) in [6, 6.07) is 24.6. The van der Waals surface area contributed by atoms with Gasteiger partial charge >= 0.3 is 0 Å². The highest BCUT2D eigenvalue weighted by atomic mass is 32.2. The maximum atomic E-state index is 13.0. The van der Waals surface area contributed by atoms with Gasteiger partial charge in [0.1, 0.15) is 4.90 Å². The third-order valence-corrected chi connectivity index (χ3v) is 7.16. The fraction of sp³-hybridized carbons (Fsp3) is 0.115. The lowest BCUT2D eigenvalue weighted by Crippen LogP contribution is -2.40. The van der Waals surface area contributed by atoms with Crippen LogP contribution in [-0.2, 0) is 21.9 Å². The smallest absolute Gasteiger partial charge is 0.287 e. The maximum absolute atomic E-state index is 13.0. The summed E-state index contributed by atoms with van der Waals surface area (Å²) in [7, 11) is -2.28. The third kappa shape index (κ3) is 4.71. The molecule has 0 atom stereocenters. The van der Waals surface area contributed by atoms with E-state index in [1.807, 2.05) is 60.7 Å². The second kappa shape index (κ2) is 9.19. The van der Waals surface area contributed by atoms with Gasteiger partial charge in [-0.25, -0.2) is 0 Å². The Labute approximate surface area is 203 Å². The number of carbonyl (C=O) groups excluding carboxylic acids is 1. The molecule has 2 N–H and O–H groups in total. The first-order valence-electron chi connectivity index (χ1n) is 11.0. The van der Waals surface area contributed by atoms with Crippen LogP contribution in [0.25, 0.3) is 11.1 Å². The van der Waals surface area contributed by atoms with Crippen molar-refractivity contribution in [3.8, 4) is 11.1 Å². The SMILES string of the molecule is Cn1cc(-c2ccc3c(c2)S(=O)(=O)N=C(C(=O)NCC(c2ccccc2)c2ccccc2)N3)cn1. The van der Waals surface area contributed by atoms with E-state index in [-0.39, 0.29) is 23.2 Å². The Kier molecular flexibility index (Phi) is 5.92. The zero-order chi connectivity index (χ0) is 24.4. The molecular weight excluding hydrogens is 462 g/mol. The number of sulfonamides is 1. The predicted octanol–water partition coefficient (Wildman–Crippen LogP) is 3.55. The molecule has 8 nitrogen and oxygen atoms in total. The summed E-state index contributed by atoms with van der Waals surface area (Å²) in [5.74, 6) is -0.949. The molecule has 4 aromatic rings. The molecule has 1 aliphatic rings. The molecular formula is C26H23N5O3S. The highest BCUT2D eigenvalue weighted by molar-refractivity contribution is 7.90. The summed E-state index contributed by atoms with van der Waals surface area (Å²) >= 11 is 0. The van der Waals surface area contributed by atoms with Crippen LogP contribution in [-0.4, -0.2) is 36.5 Å². The molecule has 0 unspecified atom stereocenters. The molecule has 0 radical (unpaired) electrons. The van der Waals surface area contributed by atoms with Gasteiger partial charge in [0, 0.05) is 31.3 Å².